The van der Waals surface area contributed by atoms with Crippen molar-refractivity contribution in [1.29, 1.82) is 0 Å². The molecule has 0 amide bonds. The van der Waals surface area contributed by atoms with E-state index in [9.17, 15) is 13.2 Å². The summed E-state index contributed by atoms with van der Waals surface area (Å²) in [6.45, 7) is 4.06. The summed E-state index contributed by atoms with van der Waals surface area (Å²) < 4.78 is 47.8. The van der Waals surface area contributed by atoms with E-state index in [1.165, 1.54) is 5.56 Å². The smallest absolute Gasteiger partial charge is 0.303 e. The van der Waals surface area contributed by atoms with Crippen molar-refractivity contribution in [2.45, 2.75) is 51.6 Å². The SMILES string of the molecule is Cc1cc(OCC2CCS(=O)(=O)CC2)cc2c1-c1cc(COc3ccc4c(c3)OC[C@H]4CCC(=O)O)ccc1OCC2. The number of aliphatic carboxylic acids is 1. The first-order valence-electron chi connectivity index (χ1n) is 14.6. The lowest BCUT2D eigenvalue weighted by Gasteiger charge is -2.22. The maximum atomic E-state index is 11.8. The van der Waals surface area contributed by atoms with Gasteiger partial charge in [0.15, 0.2) is 0 Å². The van der Waals surface area contributed by atoms with Crippen LogP contribution in [0.1, 0.15) is 53.9 Å². The predicted octanol–water partition coefficient (Wildman–Crippen LogP) is 5.72. The van der Waals surface area contributed by atoms with E-state index in [0.29, 0.717) is 51.4 Å². The minimum atomic E-state index is -2.88. The predicted molar refractivity (Wildman–Crippen MR) is 159 cm³/mol. The summed E-state index contributed by atoms with van der Waals surface area (Å²) in [7, 11) is -2.88. The van der Waals surface area contributed by atoms with Crippen molar-refractivity contribution in [3.05, 3.63) is 70.8 Å². The second-order valence-electron chi connectivity index (χ2n) is 11.5. The number of carboxylic acids is 1. The minimum absolute atomic E-state index is 0.0926. The van der Waals surface area contributed by atoms with Crippen LogP contribution in [-0.4, -0.2) is 50.8 Å². The van der Waals surface area contributed by atoms with Crippen LogP contribution in [-0.2, 0) is 27.7 Å². The molecular formula is C33H36O8S. The molecule has 0 unspecified atom stereocenters. The van der Waals surface area contributed by atoms with E-state index >= 15 is 0 Å². The van der Waals surface area contributed by atoms with Crippen molar-refractivity contribution in [1.82, 2.24) is 0 Å². The standard InChI is InChI=1S/C33H36O8S/c1-21-14-27(40-18-22-9-12-42(36,37)13-10-22)16-24-8-11-38-30-6-2-23(15-29(30)33(21)24)19-39-26-4-5-28-25(3-7-32(34)35)20-41-31(28)17-26/h2,4-6,14-17,22,25H,3,7-13,18-20H2,1H3,(H,34,35)/t25-/m1/s1. The number of fused-ring (bicyclic) bond motifs is 4. The largest absolute Gasteiger partial charge is 0.493 e. The van der Waals surface area contributed by atoms with Crippen LogP contribution in [0.4, 0.5) is 0 Å². The van der Waals surface area contributed by atoms with Gasteiger partial charge in [-0.1, -0.05) is 12.1 Å². The number of ether oxygens (including phenoxy) is 4. The van der Waals surface area contributed by atoms with Crippen LogP contribution < -0.4 is 18.9 Å². The summed E-state index contributed by atoms with van der Waals surface area (Å²) in [5.41, 5.74) is 6.50. The van der Waals surface area contributed by atoms with Gasteiger partial charge in [-0.15, -0.1) is 0 Å². The lowest BCUT2D eigenvalue weighted by molar-refractivity contribution is -0.137. The van der Waals surface area contributed by atoms with Gasteiger partial charge in [0.25, 0.3) is 0 Å². The molecule has 3 aromatic rings. The zero-order chi connectivity index (χ0) is 29.3. The van der Waals surface area contributed by atoms with Gasteiger partial charge in [0.2, 0.25) is 0 Å². The lowest BCUT2D eigenvalue weighted by Crippen LogP contribution is -2.26. The summed E-state index contributed by atoms with van der Waals surface area (Å²) in [5, 5.41) is 9.01. The zero-order valence-corrected chi connectivity index (χ0v) is 24.6. The van der Waals surface area contributed by atoms with Gasteiger partial charge in [0.1, 0.15) is 39.4 Å². The van der Waals surface area contributed by atoms with Gasteiger partial charge in [-0.25, -0.2) is 8.42 Å². The Kier molecular flexibility index (Phi) is 8.03. The molecule has 1 atom stereocenters. The van der Waals surface area contributed by atoms with Gasteiger partial charge in [-0.3, -0.25) is 4.79 Å². The van der Waals surface area contributed by atoms with Crippen molar-refractivity contribution in [2.24, 2.45) is 5.92 Å². The molecule has 8 nitrogen and oxygen atoms in total. The molecule has 1 fully saturated rings. The molecule has 3 aliphatic heterocycles. The topological polar surface area (TPSA) is 108 Å². The molecule has 3 heterocycles. The Morgan fingerprint density at radius 3 is 2.62 bits per heavy atom. The molecule has 1 N–H and O–H groups in total. The second kappa shape index (κ2) is 11.9. The summed E-state index contributed by atoms with van der Waals surface area (Å²) in [6, 6.07) is 16.1. The Balaban J connectivity index is 1.14. The molecule has 9 heteroatoms. The molecule has 0 saturated carbocycles. The second-order valence-corrected chi connectivity index (χ2v) is 13.8. The highest BCUT2D eigenvalue weighted by Crippen LogP contribution is 2.41. The molecular weight excluding hydrogens is 556 g/mol. The number of carbonyl (C=O) groups is 1. The monoisotopic (exact) mass is 592 g/mol. The van der Waals surface area contributed by atoms with Gasteiger partial charge in [0, 0.05) is 36.0 Å². The van der Waals surface area contributed by atoms with E-state index in [2.05, 4.69) is 25.1 Å². The Morgan fingerprint density at radius 1 is 0.976 bits per heavy atom. The molecule has 3 aliphatic rings. The van der Waals surface area contributed by atoms with Crippen molar-refractivity contribution >= 4 is 15.8 Å². The van der Waals surface area contributed by atoms with E-state index in [1.807, 2.05) is 30.3 Å². The van der Waals surface area contributed by atoms with Crippen molar-refractivity contribution < 1.29 is 37.3 Å². The minimum Gasteiger partial charge on any atom is -0.493 e. The summed E-state index contributed by atoms with van der Waals surface area (Å²) in [6.07, 6.45) is 2.76. The van der Waals surface area contributed by atoms with E-state index < -0.39 is 15.8 Å². The molecule has 0 aromatic heterocycles. The van der Waals surface area contributed by atoms with E-state index in [0.717, 1.165) is 51.5 Å². The third-order valence-corrected chi connectivity index (χ3v) is 10.2. The third-order valence-electron chi connectivity index (χ3n) is 8.47. The first-order valence-corrected chi connectivity index (χ1v) is 16.4. The summed E-state index contributed by atoms with van der Waals surface area (Å²) in [4.78, 5) is 11.0. The highest BCUT2D eigenvalue weighted by atomic mass is 32.2. The van der Waals surface area contributed by atoms with Crippen LogP contribution in [0.15, 0.2) is 48.5 Å². The first kappa shape index (κ1) is 28.4. The fraction of sp³-hybridized carbons (Fsp3) is 0.424. The van der Waals surface area contributed by atoms with Gasteiger partial charge in [-0.05, 0) is 84.7 Å². The number of aryl methyl sites for hydroxylation is 1. The van der Waals surface area contributed by atoms with Crippen LogP contribution >= 0.6 is 0 Å². The van der Waals surface area contributed by atoms with E-state index in [-0.39, 0.29) is 29.8 Å². The fourth-order valence-corrected chi connectivity index (χ4v) is 7.71. The van der Waals surface area contributed by atoms with Gasteiger partial charge >= 0.3 is 5.97 Å². The van der Waals surface area contributed by atoms with E-state index in [1.54, 1.807) is 0 Å². The zero-order valence-electron chi connectivity index (χ0n) is 23.8. The Labute approximate surface area is 246 Å². The Hall–Kier alpha value is -3.72. The summed E-state index contributed by atoms with van der Waals surface area (Å²) >= 11 is 0. The van der Waals surface area contributed by atoms with Gasteiger partial charge in [-0.2, -0.15) is 0 Å². The molecule has 6 rings (SSSR count). The number of carboxylic acid groups (broad SMARTS) is 1. The number of hydrogen-bond acceptors (Lipinski definition) is 7. The Morgan fingerprint density at radius 2 is 1.81 bits per heavy atom. The highest BCUT2D eigenvalue weighted by Gasteiger charge is 2.26. The van der Waals surface area contributed by atoms with Crippen molar-refractivity contribution in [3.8, 4) is 34.1 Å². The van der Waals surface area contributed by atoms with Crippen molar-refractivity contribution in [3.63, 3.8) is 0 Å². The Bertz CT molecular complexity index is 1580. The summed E-state index contributed by atoms with van der Waals surface area (Å²) in [5.74, 6) is 3.17. The molecule has 0 radical (unpaired) electrons. The first-order chi connectivity index (χ1) is 20.2. The number of sulfone groups is 1. The molecule has 0 spiro atoms. The van der Waals surface area contributed by atoms with Crippen LogP contribution in [0.5, 0.6) is 23.0 Å². The van der Waals surface area contributed by atoms with Crippen LogP contribution in [0.25, 0.3) is 11.1 Å². The van der Waals surface area contributed by atoms with Gasteiger partial charge in [0.05, 0.1) is 31.3 Å². The van der Waals surface area contributed by atoms with Crippen LogP contribution in [0, 0.1) is 12.8 Å². The van der Waals surface area contributed by atoms with Crippen LogP contribution in [0.3, 0.4) is 0 Å². The van der Waals surface area contributed by atoms with Gasteiger partial charge < -0.3 is 24.1 Å². The fourth-order valence-electron chi connectivity index (χ4n) is 6.12. The normalized spacial score (nSPS) is 18.9. The molecule has 42 heavy (non-hydrogen) atoms. The lowest BCUT2D eigenvalue weighted by atomic mass is 9.92. The number of hydrogen-bond donors (Lipinski definition) is 1. The van der Waals surface area contributed by atoms with Crippen LogP contribution in [0.2, 0.25) is 0 Å². The number of rotatable bonds is 9. The average Bonchev–Trinajstić information content (AvgIpc) is 3.27. The molecule has 222 valence electrons. The molecule has 3 aromatic carbocycles. The molecule has 0 bridgehead atoms. The van der Waals surface area contributed by atoms with E-state index in [4.69, 9.17) is 24.1 Å². The average molecular weight is 593 g/mol. The quantitative estimate of drug-likeness (QED) is 0.336. The number of benzene rings is 3. The molecule has 1 saturated heterocycles. The maximum Gasteiger partial charge on any atom is 0.303 e. The maximum absolute atomic E-state index is 11.8. The molecule has 0 aliphatic carbocycles. The third kappa shape index (κ3) is 6.36. The highest BCUT2D eigenvalue weighted by molar-refractivity contribution is 7.91. The van der Waals surface area contributed by atoms with Crippen molar-refractivity contribution in [2.75, 3.05) is 31.3 Å².